The average molecular weight is 287 g/mol. The molecule has 1 heterocycles. The predicted molar refractivity (Wildman–Crippen MR) is 75.5 cm³/mol. The van der Waals surface area contributed by atoms with E-state index in [9.17, 15) is 4.79 Å². The van der Waals surface area contributed by atoms with Crippen molar-refractivity contribution in [3.05, 3.63) is 23.8 Å². The third-order valence-corrected chi connectivity index (χ3v) is 3.06. The van der Waals surface area contributed by atoms with Gasteiger partial charge in [-0.3, -0.25) is 4.79 Å². The van der Waals surface area contributed by atoms with Crippen LogP contribution in [-0.2, 0) is 0 Å². The Morgan fingerprint density at radius 1 is 1.37 bits per heavy atom. The second-order valence-corrected chi connectivity index (χ2v) is 4.28. The second-order valence-electron chi connectivity index (χ2n) is 4.28. The third-order valence-electron chi connectivity index (χ3n) is 3.06. The van der Waals surface area contributed by atoms with Crippen LogP contribution in [0.1, 0.15) is 10.4 Å². The van der Waals surface area contributed by atoms with Crippen LogP contribution in [0.2, 0.25) is 0 Å². The summed E-state index contributed by atoms with van der Waals surface area (Å²) in [4.78, 5) is 12.1. The zero-order chi connectivity index (χ0) is 13.0. The molecule has 0 spiro atoms. The molecule has 106 valence electrons. The summed E-state index contributed by atoms with van der Waals surface area (Å²) in [7, 11) is 3.09. The lowest BCUT2D eigenvalue weighted by molar-refractivity contribution is 0.0938. The first-order chi connectivity index (χ1) is 8.76. The first kappa shape index (κ1) is 15.6. The number of para-hydroxylation sites is 1. The lowest BCUT2D eigenvalue weighted by Gasteiger charge is -2.27. The van der Waals surface area contributed by atoms with Gasteiger partial charge in [-0.2, -0.15) is 0 Å². The second kappa shape index (κ2) is 7.21. The van der Waals surface area contributed by atoms with Crippen LogP contribution in [0, 0.1) is 5.92 Å². The van der Waals surface area contributed by atoms with E-state index >= 15 is 0 Å². The summed E-state index contributed by atoms with van der Waals surface area (Å²) in [6.07, 6.45) is 0. The quantitative estimate of drug-likeness (QED) is 0.850. The molecule has 0 bridgehead atoms. The van der Waals surface area contributed by atoms with Crippen molar-refractivity contribution >= 4 is 18.3 Å². The van der Waals surface area contributed by atoms with Gasteiger partial charge in [0.15, 0.2) is 11.5 Å². The van der Waals surface area contributed by atoms with Crippen molar-refractivity contribution in [1.29, 1.82) is 0 Å². The van der Waals surface area contributed by atoms with Crippen LogP contribution in [0.25, 0.3) is 0 Å². The fourth-order valence-electron chi connectivity index (χ4n) is 1.89. The highest BCUT2D eigenvalue weighted by atomic mass is 35.5. The van der Waals surface area contributed by atoms with Crippen LogP contribution in [0.4, 0.5) is 0 Å². The van der Waals surface area contributed by atoms with Gasteiger partial charge in [-0.25, -0.2) is 0 Å². The van der Waals surface area contributed by atoms with Crippen LogP contribution in [0.5, 0.6) is 11.5 Å². The maximum atomic E-state index is 12.1. The van der Waals surface area contributed by atoms with Crippen molar-refractivity contribution in [1.82, 2.24) is 10.6 Å². The molecule has 0 saturated carbocycles. The molecule has 1 amide bonds. The van der Waals surface area contributed by atoms with Crippen molar-refractivity contribution in [3.63, 3.8) is 0 Å². The van der Waals surface area contributed by atoms with Gasteiger partial charge < -0.3 is 20.1 Å². The molecular weight excluding hydrogens is 268 g/mol. The average Bonchev–Trinajstić information content (AvgIpc) is 2.35. The summed E-state index contributed by atoms with van der Waals surface area (Å²) in [5.74, 6) is 1.45. The topological polar surface area (TPSA) is 59.6 Å². The largest absolute Gasteiger partial charge is 0.493 e. The van der Waals surface area contributed by atoms with Crippen molar-refractivity contribution in [2.75, 3.05) is 33.9 Å². The van der Waals surface area contributed by atoms with E-state index in [0.717, 1.165) is 13.1 Å². The Morgan fingerprint density at radius 3 is 2.63 bits per heavy atom. The Hall–Kier alpha value is -1.46. The molecule has 1 saturated heterocycles. The van der Waals surface area contributed by atoms with Crippen molar-refractivity contribution in [2.45, 2.75) is 0 Å². The SMILES string of the molecule is COc1cccc(C(=O)NCC2CNC2)c1OC.Cl. The van der Waals surface area contributed by atoms with E-state index in [-0.39, 0.29) is 18.3 Å². The number of hydrogen-bond donors (Lipinski definition) is 2. The van der Waals surface area contributed by atoms with Crippen molar-refractivity contribution < 1.29 is 14.3 Å². The van der Waals surface area contributed by atoms with Crippen LogP contribution in [-0.4, -0.2) is 39.8 Å². The molecule has 1 aliphatic rings. The summed E-state index contributed by atoms with van der Waals surface area (Å²) in [5, 5.41) is 6.08. The molecular formula is C13H19ClN2O3. The van der Waals surface area contributed by atoms with Gasteiger partial charge in [0.2, 0.25) is 0 Å². The predicted octanol–water partition coefficient (Wildman–Crippen LogP) is 1.07. The number of ether oxygens (including phenoxy) is 2. The normalized spacial score (nSPS) is 14.0. The third kappa shape index (κ3) is 3.52. The Morgan fingerprint density at radius 2 is 2.11 bits per heavy atom. The molecule has 1 aromatic rings. The molecule has 0 aliphatic carbocycles. The molecule has 2 N–H and O–H groups in total. The Kier molecular flexibility index (Phi) is 5.92. The van der Waals surface area contributed by atoms with Gasteiger partial charge in [-0.05, 0) is 12.1 Å². The van der Waals surface area contributed by atoms with Crippen molar-refractivity contribution in [2.24, 2.45) is 5.92 Å². The fraction of sp³-hybridized carbons (Fsp3) is 0.462. The molecule has 1 aromatic carbocycles. The lowest BCUT2D eigenvalue weighted by Crippen LogP contribution is -2.48. The molecule has 0 aromatic heterocycles. The van der Waals surface area contributed by atoms with E-state index in [1.54, 1.807) is 25.3 Å². The molecule has 0 radical (unpaired) electrons. The van der Waals surface area contributed by atoms with Crippen LogP contribution in [0.15, 0.2) is 18.2 Å². The first-order valence-electron chi connectivity index (χ1n) is 5.96. The highest BCUT2D eigenvalue weighted by Gasteiger charge is 2.20. The number of carbonyl (C=O) groups is 1. The Balaban J connectivity index is 0.00000180. The Labute approximate surface area is 119 Å². The summed E-state index contributed by atoms with van der Waals surface area (Å²) in [6, 6.07) is 5.28. The summed E-state index contributed by atoms with van der Waals surface area (Å²) >= 11 is 0. The van der Waals surface area contributed by atoms with Crippen LogP contribution < -0.4 is 20.1 Å². The number of hydrogen-bond acceptors (Lipinski definition) is 4. The molecule has 2 rings (SSSR count). The number of rotatable bonds is 5. The Bertz CT molecular complexity index is 436. The summed E-state index contributed by atoms with van der Waals surface area (Å²) in [6.45, 7) is 2.62. The van der Waals surface area contributed by atoms with Gasteiger partial charge in [0, 0.05) is 25.6 Å². The van der Waals surface area contributed by atoms with E-state index in [1.807, 2.05) is 0 Å². The number of methoxy groups -OCH3 is 2. The minimum atomic E-state index is -0.127. The lowest BCUT2D eigenvalue weighted by atomic mass is 10.0. The molecule has 1 aliphatic heterocycles. The van der Waals surface area contributed by atoms with Gasteiger partial charge >= 0.3 is 0 Å². The van der Waals surface area contributed by atoms with Gasteiger partial charge in [0.25, 0.3) is 5.91 Å². The van der Waals surface area contributed by atoms with E-state index in [0.29, 0.717) is 29.5 Å². The minimum absolute atomic E-state index is 0. The number of benzene rings is 1. The maximum Gasteiger partial charge on any atom is 0.255 e. The van der Waals surface area contributed by atoms with Gasteiger partial charge in [-0.15, -0.1) is 12.4 Å². The van der Waals surface area contributed by atoms with Crippen LogP contribution >= 0.6 is 12.4 Å². The number of nitrogens with one attached hydrogen (secondary N) is 2. The number of halogens is 1. The van der Waals surface area contributed by atoms with Gasteiger partial charge in [0.05, 0.1) is 19.8 Å². The van der Waals surface area contributed by atoms with Gasteiger partial charge in [0.1, 0.15) is 0 Å². The van der Waals surface area contributed by atoms with Crippen molar-refractivity contribution in [3.8, 4) is 11.5 Å². The minimum Gasteiger partial charge on any atom is -0.493 e. The van der Waals surface area contributed by atoms with E-state index in [1.165, 1.54) is 7.11 Å². The molecule has 19 heavy (non-hydrogen) atoms. The standard InChI is InChI=1S/C13H18N2O3.ClH/c1-17-11-5-3-4-10(12(11)18-2)13(16)15-8-9-6-14-7-9;/h3-5,9,14H,6-8H2,1-2H3,(H,15,16);1H. The molecule has 0 atom stereocenters. The molecule has 6 heteroatoms. The number of carbonyl (C=O) groups excluding carboxylic acids is 1. The monoisotopic (exact) mass is 286 g/mol. The number of amides is 1. The fourth-order valence-corrected chi connectivity index (χ4v) is 1.89. The van der Waals surface area contributed by atoms with Gasteiger partial charge in [-0.1, -0.05) is 6.07 Å². The first-order valence-corrected chi connectivity index (χ1v) is 5.96. The molecule has 1 fully saturated rings. The van der Waals surface area contributed by atoms with E-state index in [2.05, 4.69) is 10.6 Å². The molecule has 0 unspecified atom stereocenters. The maximum absolute atomic E-state index is 12.1. The van der Waals surface area contributed by atoms with E-state index in [4.69, 9.17) is 9.47 Å². The summed E-state index contributed by atoms with van der Waals surface area (Å²) < 4.78 is 10.4. The molecule has 5 nitrogen and oxygen atoms in total. The zero-order valence-corrected chi connectivity index (χ0v) is 11.9. The van der Waals surface area contributed by atoms with Crippen LogP contribution in [0.3, 0.4) is 0 Å². The highest BCUT2D eigenvalue weighted by Crippen LogP contribution is 2.30. The summed E-state index contributed by atoms with van der Waals surface area (Å²) in [5.41, 5.74) is 0.504. The zero-order valence-electron chi connectivity index (χ0n) is 11.1. The smallest absolute Gasteiger partial charge is 0.255 e. The van der Waals surface area contributed by atoms with E-state index < -0.39 is 0 Å². The highest BCUT2D eigenvalue weighted by molar-refractivity contribution is 5.97.